The van der Waals surface area contributed by atoms with Crippen molar-refractivity contribution in [2.75, 3.05) is 0 Å². The Morgan fingerprint density at radius 2 is 1.07 bits per heavy atom. The Hall–Kier alpha value is -6.96. The second kappa shape index (κ2) is 12.0. The van der Waals surface area contributed by atoms with Crippen molar-refractivity contribution in [2.45, 2.75) is 25.2 Å². The van der Waals surface area contributed by atoms with Gasteiger partial charge in [-0.3, -0.25) is 0 Å². The summed E-state index contributed by atoms with van der Waals surface area (Å²) in [6.45, 7) is 4.76. The van der Waals surface area contributed by atoms with E-state index in [1.807, 2.05) is 0 Å². The molecule has 12 rings (SSSR count). The van der Waals surface area contributed by atoms with Crippen molar-refractivity contribution in [3.63, 3.8) is 0 Å². The maximum atomic E-state index is 2.50. The Labute approximate surface area is 333 Å². The fourth-order valence-electron chi connectivity index (χ4n) is 10.3. The lowest BCUT2D eigenvalue weighted by molar-refractivity contribution is 0.661. The number of benzene rings is 9. The summed E-state index contributed by atoms with van der Waals surface area (Å²) in [4.78, 5) is 0. The zero-order valence-corrected chi connectivity index (χ0v) is 32.0. The van der Waals surface area contributed by atoms with E-state index in [0.29, 0.717) is 0 Å². The minimum absolute atomic E-state index is 0.0890. The molecule has 0 N–H and O–H groups in total. The summed E-state index contributed by atoms with van der Waals surface area (Å²) in [5.41, 5.74) is 20.7. The molecule has 1 atom stereocenters. The Balaban J connectivity index is 1.05. The molecule has 0 spiro atoms. The van der Waals surface area contributed by atoms with Crippen LogP contribution in [0.4, 0.5) is 0 Å². The standard InChI is InChI=1S/C56H39N/c1-56(2)51-22-11-10-20-44(51)48-34-54-50(33-52(48)56)49-32-40(26-28-53(49)57(54)42-18-12-17-38(30-42)35-13-4-3-5-14-35)39-25-27-46-47(31-39)43-19-8-9-21-45(43)55(46)41-24-23-36-15-6-7-16-37(36)29-41/h3-34,55H,1-2H3. The molecule has 1 heteroatoms. The largest absolute Gasteiger partial charge is 0.309 e. The third-order valence-corrected chi connectivity index (χ3v) is 13.0. The van der Waals surface area contributed by atoms with E-state index >= 15 is 0 Å². The molecule has 0 fully saturated rings. The lowest BCUT2D eigenvalue weighted by Gasteiger charge is -2.21. The summed E-state index contributed by atoms with van der Waals surface area (Å²) in [6.07, 6.45) is 0. The minimum atomic E-state index is -0.0890. The van der Waals surface area contributed by atoms with Crippen LogP contribution in [0.5, 0.6) is 0 Å². The van der Waals surface area contributed by atoms with Crippen LogP contribution in [0.2, 0.25) is 0 Å². The molecule has 1 unspecified atom stereocenters. The smallest absolute Gasteiger partial charge is 0.0547 e. The van der Waals surface area contributed by atoms with Crippen LogP contribution in [0.25, 0.3) is 82.8 Å². The zero-order chi connectivity index (χ0) is 37.8. The molecule has 9 aromatic carbocycles. The second-order valence-corrected chi connectivity index (χ2v) is 16.5. The Morgan fingerprint density at radius 3 is 1.96 bits per heavy atom. The Bertz CT molecular complexity index is 3270. The number of fused-ring (bicyclic) bond motifs is 10. The molecule has 1 nitrogen and oxygen atoms in total. The van der Waals surface area contributed by atoms with E-state index in [2.05, 4.69) is 213 Å². The van der Waals surface area contributed by atoms with Crippen molar-refractivity contribution in [1.29, 1.82) is 0 Å². The van der Waals surface area contributed by atoms with Crippen LogP contribution >= 0.6 is 0 Å². The molecule has 268 valence electrons. The Morgan fingerprint density at radius 1 is 0.386 bits per heavy atom. The van der Waals surface area contributed by atoms with E-state index in [-0.39, 0.29) is 11.3 Å². The van der Waals surface area contributed by atoms with Crippen molar-refractivity contribution in [2.24, 2.45) is 0 Å². The van der Waals surface area contributed by atoms with Crippen LogP contribution in [0, 0.1) is 0 Å². The maximum Gasteiger partial charge on any atom is 0.0547 e. The molecule has 57 heavy (non-hydrogen) atoms. The highest BCUT2D eigenvalue weighted by molar-refractivity contribution is 6.12. The predicted octanol–water partition coefficient (Wildman–Crippen LogP) is 14.7. The van der Waals surface area contributed by atoms with Gasteiger partial charge in [0.15, 0.2) is 0 Å². The first-order valence-electron chi connectivity index (χ1n) is 20.1. The summed E-state index contributed by atoms with van der Waals surface area (Å²) in [5, 5.41) is 5.13. The number of hydrogen-bond donors (Lipinski definition) is 0. The molecule has 0 aliphatic heterocycles. The summed E-state index contributed by atoms with van der Waals surface area (Å²) in [7, 11) is 0. The summed E-state index contributed by atoms with van der Waals surface area (Å²) in [6, 6.07) is 72.6. The topological polar surface area (TPSA) is 4.93 Å². The van der Waals surface area contributed by atoms with E-state index in [4.69, 9.17) is 0 Å². The molecule has 1 aromatic heterocycles. The van der Waals surface area contributed by atoms with E-state index in [9.17, 15) is 0 Å². The van der Waals surface area contributed by atoms with Crippen molar-refractivity contribution < 1.29 is 0 Å². The van der Waals surface area contributed by atoms with Gasteiger partial charge >= 0.3 is 0 Å². The molecule has 0 bridgehead atoms. The van der Waals surface area contributed by atoms with Gasteiger partial charge in [-0.15, -0.1) is 0 Å². The van der Waals surface area contributed by atoms with Crippen LogP contribution in [-0.2, 0) is 5.41 Å². The summed E-state index contributed by atoms with van der Waals surface area (Å²) >= 11 is 0. The summed E-state index contributed by atoms with van der Waals surface area (Å²) in [5.74, 6) is 0.205. The number of hydrogen-bond acceptors (Lipinski definition) is 0. The maximum absolute atomic E-state index is 2.50. The first-order valence-corrected chi connectivity index (χ1v) is 20.1. The molecule has 10 aromatic rings. The average Bonchev–Trinajstić information content (AvgIpc) is 3.85. The number of aromatic nitrogens is 1. The molecule has 2 aliphatic rings. The third kappa shape index (κ3) is 4.76. The average molecular weight is 726 g/mol. The van der Waals surface area contributed by atoms with Crippen LogP contribution in [0.1, 0.15) is 47.6 Å². The quantitative estimate of drug-likeness (QED) is 0.170. The minimum Gasteiger partial charge on any atom is -0.309 e. The van der Waals surface area contributed by atoms with Crippen molar-refractivity contribution >= 4 is 32.6 Å². The monoisotopic (exact) mass is 725 g/mol. The van der Waals surface area contributed by atoms with Gasteiger partial charge in [-0.05, 0) is 126 Å². The fourth-order valence-corrected chi connectivity index (χ4v) is 10.3. The van der Waals surface area contributed by atoms with Crippen LogP contribution in [0.15, 0.2) is 194 Å². The van der Waals surface area contributed by atoms with Crippen LogP contribution < -0.4 is 0 Å². The van der Waals surface area contributed by atoms with Gasteiger partial charge in [-0.25, -0.2) is 0 Å². The SMILES string of the molecule is CC1(C)c2ccccc2-c2cc3c(cc21)c1cc(-c2ccc4c(c2)-c2ccccc2C4c2ccc4ccccc4c2)ccc1n3-c1cccc(-c2ccccc2)c1. The summed E-state index contributed by atoms with van der Waals surface area (Å²) < 4.78 is 2.49. The van der Waals surface area contributed by atoms with Gasteiger partial charge in [0, 0.05) is 27.8 Å². The van der Waals surface area contributed by atoms with Gasteiger partial charge in [0.1, 0.15) is 0 Å². The fraction of sp³-hybridized carbons (Fsp3) is 0.0714. The lowest BCUT2D eigenvalue weighted by atomic mass is 9.82. The highest BCUT2D eigenvalue weighted by atomic mass is 15.0. The van der Waals surface area contributed by atoms with Gasteiger partial charge in [-0.1, -0.05) is 166 Å². The van der Waals surface area contributed by atoms with Crippen molar-refractivity contribution in [3.05, 3.63) is 222 Å². The van der Waals surface area contributed by atoms with Crippen LogP contribution in [0.3, 0.4) is 0 Å². The Kier molecular flexibility index (Phi) is 6.81. The van der Waals surface area contributed by atoms with Gasteiger partial charge in [0.2, 0.25) is 0 Å². The zero-order valence-electron chi connectivity index (χ0n) is 32.0. The van der Waals surface area contributed by atoms with E-state index in [1.54, 1.807) is 0 Å². The number of rotatable bonds is 4. The molecule has 0 saturated heterocycles. The van der Waals surface area contributed by atoms with Gasteiger partial charge in [0.25, 0.3) is 0 Å². The predicted molar refractivity (Wildman–Crippen MR) is 240 cm³/mol. The normalized spacial score (nSPS) is 14.8. The molecule has 2 aliphatic carbocycles. The van der Waals surface area contributed by atoms with Crippen molar-refractivity contribution in [1.82, 2.24) is 4.57 Å². The molecular weight excluding hydrogens is 687 g/mol. The molecule has 1 heterocycles. The van der Waals surface area contributed by atoms with E-state index in [0.717, 1.165) is 0 Å². The highest BCUT2D eigenvalue weighted by Gasteiger charge is 2.36. The van der Waals surface area contributed by atoms with E-state index < -0.39 is 0 Å². The van der Waals surface area contributed by atoms with Gasteiger partial charge < -0.3 is 4.57 Å². The first kappa shape index (κ1) is 32.3. The second-order valence-electron chi connectivity index (χ2n) is 16.5. The first-order chi connectivity index (χ1) is 28.0. The van der Waals surface area contributed by atoms with Gasteiger partial charge in [-0.2, -0.15) is 0 Å². The molecule has 0 amide bonds. The number of nitrogens with zero attached hydrogens (tertiary/aromatic N) is 1. The van der Waals surface area contributed by atoms with Crippen LogP contribution in [-0.4, -0.2) is 4.57 Å². The van der Waals surface area contributed by atoms with E-state index in [1.165, 1.54) is 111 Å². The molecule has 0 saturated carbocycles. The van der Waals surface area contributed by atoms with Gasteiger partial charge in [0.05, 0.1) is 11.0 Å². The van der Waals surface area contributed by atoms with Crippen molar-refractivity contribution in [3.8, 4) is 50.2 Å². The highest BCUT2D eigenvalue weighted by Crippen LogP contribution is 2.52. The third-order valence-electron chi connectivity index (χ3n) is 13.0. The molecule has 0 radical (unpaired) electrons. The molecular formula is C56H39N. The lowest BCUT2D eigenvalue weighted by Crippen LogP contribution is -2.14.